The van der Waals surface area contributed by atoms with E-state index in [0.29, 0.717) is 23.1 Å². The predicted molar refractivity (Wildman–Crippen MR) is 87.3 cm³/mol. The number of amides is 1. The molecular formula is C17H27N3O. The Balaban J connectivity index is 1.83. The number of nitrogens with two attached hydrogens (primary N) is 1. The first-order valence-corrected chi connectivity index (χ1v) is 7.82. The van der Waals surface area contributed by atoms with Gasteiger partial charge in [-0.2, -0.15) is 0 Å². The minimum atomic E-state index is -0.0119. The third kappa shape index (κ3) is 4.46. The second-order valence-electron chi connectivity index (χ2n) is 6.59. The SMILES string of the molecule is Cc1ccc(N)cc1C(=O)NCC1CCN(CC(C)C)C1. The quantitative estimate of drug-likeness (QED) is 0.818. The van der Waals surface area contributed by atoms with E-state index in [2.05, 4.69) is 24.1 Å². The van der Waals surface area contributed by atoms with E-state index in [1.165, 1.54) is 6.42 Å². The summed E-state index contributed by atoms with van der Waals surface area (Å²) in [5, 5.41) is 3.06. The maximum atomic E-state index is 12.3. The average Bonchev–Trinajstić information content (AvgIpc) is 2.85. The number of nitrogens with zero attached hydrogens (tertiary/aromatic N) is 1. The molecule has 1 fully saturated rings. The van der Waals surface area contributed by atoms with E-state index in [9.17, 15) is 4.79 Å². The lowest BCUT2D eigenvalue weighted by Crippen LogP contribution is -2.32. The van der Waals surface area contributed by atoms with E-state index >= 15 is 0 Å². The molecule has 1 aliphatic rings. The second-order valence-corrected chi connectivity index (χ2v) is 6.59. The zero-order valence-corrected chi connectivity index (χ0v) is 13.4. The van der Waals surface area contributed by atoms with Crippen LogP contribution in [-0.4, -0.2) is 37.0 Å². The van der Waals surface area contributed by atoms with Gasteiger partial charge in [-0.3, -0.25) is 4.79 Å². The van der Waals surface area contributed by atoms with E-state index in [1.54, 1.807) is 6.07 Å². The fourth-order valence-corrected chi connectivity index (χ4v) is 2.98. The van der Waals surface area contributed by atoms with Gasteiger partial charge in [0.25, 0.3) is 5.91 Å². The van der Waals surface area contributed by atoms with Crippen molar-refractivity contribution >= 4 is 11.6 Å². The van der Waals surface area contributed by atoms with Crippen LogP contribution in [0.4, 0.5) is 5.69 Å². The number of aryl methyl sites for hydroxylation is 1. The summed E-state index contributed by atoms with van der Waals surface area (Å²) in [6, 6.07) is 5.47. The Bertz CT molecular complexity index is 499. The van der Waals surface area contributed by atoms with E-state index in [1.807, 2.05) is 19.1 Å². The zero-order valence-electron chi connectivity index (χ0n) is 13.4. The van der Waals surface area contributed by atoms with E-state index in [4.69, 9.17) is 5.73 Å². The first-order chi connectivity index (χ1) is 9.95. The first-order valence-electron chi connectivity index (χ1n) is 7.82. The summed E-state index contributed by atoms with van der Waals surface area (Å²) in [5.74, 6) is 1.25. The lowest BCUT2D eigenvalue weighted by molar-refractivity contribution is 0.0946. The van der Waals surface area contributed by atoms with Crippen LogP contribution in [-0.2, 0) is 0 Å². The molecule has 1 saturated heterocycles. The number of nitrogen functional groups attached to an aromatic ring is 1. The molecule has 0 bridgehead atoms. The van der Waals surface area contributed by atoms with Crippen LogP contribution in [0.1, 0.15) is 36.2 Å². The van der Waals surface area contributed by atoms with Gasteiger partial charge in [0, 0.05) is 30.9 Å². The highest BCUT2D eigenvalue weighted by Gasteiger charge is 2.23. The second kappa shape index (κ2) is 6.94. The van der Waals surface area contributed by atoms with Crippen molar-refractivity contribution in [2.75, 3.05) is 31.9 Å². The molecule has 1 heterocycles. The van der Waals surface area contributed by atoms with Crippen molar-refractivity contribution in [3.8, 4) is 0 Å². The number of rotatable bonds is 5. The Labute approximate surface area is 127 Å². The van der Waals surface area contributed by atoms with Gasteiger partial charge in [-0.25, -0.2) is 0 Å². The smallest absolute Gasteiger partial charge is 0.251 e. The van der Waals surface area contributed by atoms with Gasteiger partial charge in [0.15, 0.2) is 0 Å². The number of anilines is 1. The van der Waals surface area contributed by atoms with Crippen LogP contribution in [0.2, 0.25) is 0 Å². The van der Waals surface area contributed by atoms with Gasteiger partial charge in [-0.1, -0.05) is 19.9 Å². The monoisotopic (exact) mass is 289 g/mol. The summed E-state index contributed by atoms with van der Waals surface area (Å²) < 4.78 is 0. The van der Waals surface area contributed by atoms with Crippen LogP contribution in [0.5, 0.6) is 0 Å². The van der Waals surface area contributed by atoms with Crippen molar-refractivity contribution in [2.45, 2.75) is 27.2 Å². The third-order valence-corrected chi connectivity index (χ3v) is 4.05. The maximum Gasteiger partial charge on any atom is 0.251 e. The highest BCUT2D eigenvalue weighted by molar-refractivity contribution is 5.96. The van der Waals surface area contributed by atoms with Crippen LogP contribution >= 0.6 is 0 Å². The summed E-state index contributed by atoms with van der Waals surface area (Å²) in [5.41, 5.74) is 8.05. The topological polar surface area (TPSA) is 58.4 Å². The number of likely N-dealkylation sites (tertiary alicyclic amines) is 1. The number of carbonyl (C=O) groups excluding carboxylic acids is 1. The largest absolute Gasteiger partial charge is 0.399 e. The molecule has 0 spiro atoms. The normalized spacial score (nSPS) is 19.1. The van der Waals surface area contributed by atoms with Gasteiger partial charge in [0.05, 0.1) is 0 Å². The molecular weight excluding hydrogens is 262 g/mol. The summed E-state index contributed by atoms with van der Waals surface area (Å²) in [7, 11) is 0. The number of hydrogen-bond acceptors (Lipinski definition) is 3. The van der Waals surface area contributed by atoms with E-state index in [0.717, 1.165) is 31.7 Å². The fraction of sp³-hybridized carbons (Fsp3) is 0.588. The van der Waals surface area contributed by atoms with Crippen molar-refractivity contribution in [2.24, 2.45) is 11.8 Å². The van der Waals surface area contributed by atoms with Crippen molar-refractivity contribution < 1.29 is 4.79 Å². The van der Waals surface area contributed by atoms with Crippen molar-refractivity contribution in [1.82, 2.24) is 10.2 Å². The fourth-order valence-electron chi connectivity index (χ4n) is 2.98. The number of carbonyl (C=O) groups is 1. The number of hydrogen-bond donors (Lipinski definition) is 2. The summed E-state index contributed by atoms with van der Waals surface area (Å²) >= 11 is 0. The minimum absolute atomic E-state index is 0.0119. The Morgan fingerprint density at radius 3 is 2.95 bits per heavy atom. The van der Waals surface area contributed by atoms with Crippen LogP contribution < -0.4 is 11.1 Å². The molecule has 0 saturated carbocycles. The van der Waals surface area contributed by atoms with Gasteiger partial charge in [-0.05, 0) is 49.4 Å². The van der Waals surface area contributed by atoms with Crippen molar-refractivity contribution in [3.05, 3.63) is 29.3 Å². The summed E-state index contributed by atoms with van der Waals surface area (Å²) in [4.78, 5) is 14.7. The van der Waals surface area contributed by atoms with Gasteiger partial charge in [0.1, 0.15) is 0 Å². The Kier molecular flexibility index (Phi) is 5.23. The van der Waals surface area contributed by atoms with E-state index < -0.39 is 0 Å². The van der Waals surface area contributed by atoms with E-state index in [-0.39, 0.29) is 5.91 Å². The van der Waals surface area contributed by atoms with Gasteiger partial charge >= 0.3 is 0 Å². The molecule has 1 atom stereocenters. The third-order valence-electron chi connectivity index (χ3n) is 4.05. The molecule has 1 aromatic carbocycles. The van der Waals surface area contributed by atoms with Gasteiger partial charge in [0.2, 0.25) is 0 Å². The summed E-state index contributed by atoms with van der Waals surface area (Å²) in [6.07, 6.45) is 1.17. The van der Waals surface area contributed by atoms with Crippen molar-refractivity contribution in [1.29, 1.82) is 0 Å². The lowest BCUT2D eigenvalue weighted by atomic mass is 10.1. The molecule has 3 N–H and O–H groups in total. The maximum absolute atomic E-state index is 12.3. The highest BCUT2D eigenvalue weighted by Crippen LogP contribution is 2.17. The standard InChI is InChI=1S/C17H27N3O/c1-12(2)10-20-7-6-14(11-20)9-19-17(21)16-8-15(18)5-4-13(16)3/h4-5,8,12,14H,6-7,9-11,18H2,1-3H3,(H,19,21). The number of nitrogens with one attached hydrogen (secondary N) is 1. The molecule has 4 nitrogen and oxygen atoms in total. The van der Waals surface area contributed by atoms with Crippen LogP contribution in [0, 0.1) is 18.8 Å². The molecule has 1 unspecified atom stereocenters. The Morgan fingerprint density at radius 2 is 2.24 bits per heavy atom. The highest BCUT2D eigenvalue weighted by atomic mass is 16.1. The molecule has 1 aliphatic heterocycles. The predicted octanol–water partition coefficient (Wildman–Crippen LogP) is 2.28. The van der Waals surface area contributed by atoms with Crippen LogP contribution in [0.25, 0.3) is 0 Å². The Hall–Kier alpha value is -1.55. The number of benzene rings is 1. The zero-order chi connectivity index (χ0) is 15.4. The molecule has 1 aromatic rings. The van der Waals surface area contributed by atoms with Crippen molar-refractivity contribution in [3.63, 3.8) is 0 Å². The van der Waals surface area contributed by atoms with Crippen LogP contribution in [0.3, 0.4) is 0 Å². The molecule has 0 aromatic heterocycles. The average molecular weight is 289 g/mol. The molecule has 0 aliphatic carbocycles. The molecule has 1 amide bonds. The lowest BCUT2D eigenvalue weighted by Gasteiger charge is -2.18. The molecule has 2 rings (SSSR count). The molecule has 21 heavy (non-hydrogen) atoms. The Morgan fingerprint density at radius 1 is 1.48 bits per heavy atom. The molecule has 4 heteroatoms. The minimum Gasteiger partial charge on any atom is -0.399 e. The van der Waals surface area contributed by atoms with Gasteiger partial charge < -0.3 is 16.0 Å². The summed E-state index contributed by atoms with van der Waals surface area (Å²) in [6.45, 7) is 10.6. The molecule has 116 valence electrons. The van der Waals surface area contributed by atoms with Gasteiger partial charge in [-0.15, -0.1) is 0 Å². The molecule has 0 radical (unpaired) electrons. The van der Waals surface area contributed by atoms with Crippen LogP contribution in [0.15, 0.2) is 18.2 Å². The first kappa shape index (κ1) is 15.8.